The molecule has 0 aromatic carbocycles. The van der Waals surface area contributed by atoms with Gasteiger partial charge in [0.2, 0.25) is 0 Å². The van der Waals surface area contributed by atoms with Crippen LogP contribution in [0.5, 0.6) is 0 Å². The molecule has 0 aliphatic carbocycles. The minimum Gasteiger partial charge on any atom is -1.00 e. The van der Waals surface area contributed by atoms with Crippen LogP contribution in [0.2, 0.25) is 0 Å². The molecule has 58 valence electrons. The van der Waals surface area contributed by atoms with Crippen molar-refractivity contribution in [2.45, 2.75) is 6.92 Å². The van der Waals surface area contributed by atoms with Crippen molar-refractivity contribution in [3.05, 3.63) is 31.2 Å². The fraction of sp³-hybridized carbons (Fsp3) is 0.167. The van der Waals surface area contributed by atoms with E-state index in [1.54, 1.807) is 6.08 Å². The van der Waals surface area contributed by atoms with E-state index in [2.05, 4.69) is 6.58 Å². The van der Waals surface area contributed by atoms with E-state index in [0.717, 1.165) is 0 Å². The van der Waals surface area contributed by atoms with Crippen LogP contribution >= 0.6 is 0 Å². The SMILES string of the molecule is C=CC=C[CH-]C.[I-].[I-].[Pd+2]. The Morgan fingerprint density at radius 3 is 1.89 bits per heavy atom. The van der Waals surface area contributed by atoms with Gasteiger partial charge in [-0.05, 0) is 0 Å². The summed E-state index contributed by atoms with van der Waals surface area (Å²) in [5, 5.41) is 0. The summed E-state index contributed by atoms with van der Waals surface area (Å²) in [6, 6.07) is 0. The van der Waals surface area contributed by atoms with Crippen molar-refractivity contribution in [2.75, 3.05) is 0 Å². The van der Waals surface area contributed by atoms with E-state index < -0.39 is 0 Å². The maximum atomic E-state index is 3.49. The molecule has 0 aromatic rings. The van der Waals surface area contributed by atoms with Crippen LogP contribution in [0.1, 0.15) is 6.92 Å². The third-order valence-electron chi connectivity index (χ3n) is 0.440. The maximum absolute atomic E-state index is 3.49. The van der Waals surface area contributed by atoms with Gasteiger partial charge in [0.25, 0.3) is 0 Å². The average Bonchev–Trinajstić information content (AvgIpc) is 1.61. The van der Waals surface area contributed by atoms with Gasteiger partial charge >= 0.3 is 20.4 Å². The number of hydrogen-bond acceptors (Lipinski definition) is 0. The topological polar surface area (TPSA) is 0 Å². The van der Waals surface area contributed by atoms with Crippen LogP contribution in [-0.2, 0) is 20.4 Å². The second-order valence-electron chi connectivity index (χ2n) is 0.954. The zero-order valence-corrected chi connectivity index (χ0v) is 11.0. The van der Waals surface area contributed by atoms with Crippen LogP contribution in [0, 0.1) is 6.42 Å². The Bertz CT molecular complexity index is 62.1. The standard InChI is InChI=1S/C6H9.2HI.Pd/c1-3-5-6-4-2;;;/h3-6H,1H2,2H3;2*1H;/q-1;;;+2/p-2. The van der Waals surface area contributed by atoms with Crippen LogP contribution in [0.25, 0.3) is 0 Å². The van der Waals surface area contributed by atoms with Gasteiger partial charge in [0.1, 0.15) is 0 Å². The summed E-state index contributed by atoms with van der Waals surface area (Å²) in [4.78, 5) is 0. The number of rotatable bonds is 2. The van der Waals surface area contributed by atoms with Crippen molar-refractivity contribution in [2.24, 2.45) is 0 Å². The van der Waals surface area contributed by atoms with Crippen molar-refractivity contribution in [3.8, 4) is 0 Å². The third-order valence-corrected chi connectivity index (χ3v) is 0.440. The van der Waals surface area contributed by atoms with Gasteiger partial charge in [-0.3, -0.25) is 0 Å². The predicted molar refractivity (Wildman–Crippen MR) is 29.3 cm³/mol. The molecular formula is C6H9I2Pd-. The van der Waals surface area contributed by atoms with Crippen molar-refractivity contribution >= 4 is 0 Å². The van der Waals surface area contributed by atoms with E-state index in [4.69, 9.17) is 0 Å². The summed E-state index contributed by atoms with van der Waals surface area (Å²) < 4.78 is 0. The fourth-order valence-corrected chi connectivity index (χ4v) is 0.190. The van der Waals surface area contributed by atoms with Crippen molar-refractivity contribution < 1.29 is 68.4 Å². The van der Waals surface area contributed by atoms with Crippen LogP contribution in [0.4, 0.5) is 0 Å². The van der Waals surface area contributed by atoms with Gasteiger partial charge in [0, 0.05) is 0 Å². The van der Waals surface area contributed by atoms with E-state index in [9.17, 15) is 0 Å². The molecule has 0 unspecified atom stereocenters. The Kier molecular flexibility index (Phi) is 56.6. The molecule has 0 nitrogen and oxygen atoms in total. The summed E-state index contributed by atoms with van der Waals surface area (Å²) >= 11 is 0. The van der Waals surface area contributed by atoms with Crippen LogP contribution in [0.15, 0.2) is 24.8 Å². The molecule has 0 atom stereocenters. The summed E-state index contributed by atoms with van der Waals surface area (Å²) in [7, 11) is 0. The Balaban J connectivity index is -0.0000000417. The van der Waals surface area contributed by atoms with Crippen molar-refractivity contribution in [1.82, 2.24) is 0 Å². The van der Waals surface area contributed by atoms with Crippen molar-refractivity contribution in [1.29, 1.82) is 0 Å². The first-order valence-electron chi connectivity index (χ1n) is 1.99. The number of allylic oxidation sites excluding steroid dienone is 3. The van der Waals surface area contributed by atoms with E-state index in [1.807, 2.05) is 25.5 Å². The largest absolute Gasteiger partial charge is 2.00 e. The fourth-order valence-electron chi connectivity index (χ4n) is 0.190. The molecule has 0 aliphatic rings. The summed E-state index contributed by atoms with van der Waals surface area (Å²) in [6.45, 7) is 5.46. The van der Waals surface area contributed by atoms with Gasteiger partial charge in [0.15, 0.2) is 0 Å². The van der Waals surface area contributed by atoms with Crippen molar-refractivity contribution in [3.63, 3.8) is 0 Å². The van der Waals surface area contributed by atoms with Gasteiger partial charge in [-0.25, -0.2) is 18.6 Å². The minimum atomic E-state index is 0. The molecule has 0 bridgehead atoms. The molecular weight excluding hydrogens is 432 g/mol. The minimum absolute atomic E-state index is 0. The van der Waals surface area contributed by atoms with Gasteiger partial charge in [-0.1, -0.05) is 0 Å². The van der Waals surface area contributed by atoms with Gasteiger partial charge in [0.05, 0.1) is 0 Å². The maximum Gasteiger partial charge on any atom is 2.00 e. The van der Waals surface area contributed by atoms with E-state index >= 15 is 0 Å². The first-order valence-corrected chi connectivity index (χ1v) is 1.99. The first kappa shape index (κ1) is 22.4. The van der Waals surface area contributed by atoms with E-state index in [0.29, 0.717) is 0 Å². The molecule has 0 amide bonds. The second-order valence-corrected chi connectivity index (χ2v) is 0.954. The molecule has 0 saturated heterocycles. The van der Waals surface area contributed by atoms with Crippen LogP contribution in [-0.4, -0.2) is 0 Å². The molecule has 0 heterocycles. The molecule has 0 spiro atoms. The molecule has 0 rings (SSSR count). The zero-order chi connectivity index (χ0) is 4.83. The average molecular weight is 441 g/mol. The molecule has 0 fully saturated rings. The normalized spacial score (nSPS) is 5.89. The zero-order valence-electron chi connectivity index (χ0n) is 5.09. The molecule has 0 aromatic heterocycles. The Labute approximate surface area is 105 Å². The van der Waals surface area contributed by atoms with E-state index in [1.165, 1.54) is 0 Å². The van der Waals surface area contributed by atoms with Gasteiger partial charge in [-0.2, -0.15) is 6.08 Å². The smallest absolute Gasteiger partial charge is 1.00 e. The predicted octanol–water partition coefficient (Wildman–Crippen LogP) is -4.04. The first-order chi connectivity index (χ1) is 2.91. The van der Waals surface area contributed by atoms with Crippen LogP contribution < -0.4 is 48.0 Å². The molecule has 0 saturated carbocycles. The third kappa shape index (κ3) is 26.4. The summed E-state index contributed by atoms with van der Waals surface area (Å²) in [5.41, 5.74) is 0. The monoisotopic (exact) mass is 441 g/mol. The Morgan fingerprint density at radius 2 is 1.78 bits per heavy atom. The van der Waals surface area contributed by atoms with Gasteiger partial charge in [-0.15, -0.1) is 13.5 Å². The molecule has 0 N–H and O–H groups in total. The quantitative estimate of drug-likeness (QED) is 0.177. The molecule has 0 radical (unpaired) electrons. The summed E-state index contributed by atoms with van der Waals surface area (Å²) in [6.07, 6.45) is 7.54. The molecule has 9 heavy (non-hydrogen) atoms. The Hall–Kier alpha value is 1.47. The molecule has 0 aliphatic heterocycles. The van der Waals surface area contributed by atoms with Crippen LogP contribution in [0.3, 0.4) is 0 Å². The van der Waals surface area contributed by atoms with E-state index in [-0.39, 0.29) is 68.4 Å². The number of hydrogen-bond donors (Lipinski definition) is 0. The second kappa shape index (κ2) is 22.7. The summed E-state index contributed by atoms with van der Waals surface area (Å²) in [5.74, 6) is 0. The molecule has 3 heteroatoms. The Morgan fingerprint density at radius 1 is 1.33 bits per heavy atom. The number of halogens is 2. The van der Waals surface area contributed by atoms with Gasteiger partial charge < -0.3 is 48.0 Å².